The lowest BCUT2D eigenvalue weighted by Gasteiger charge is -2.16. The number of thioether (sulfide) groups is 2. The van der Waals surface area contributed by atoms with Crippen LogP contribution in [0.2, 0.25) is 0 Å². The molecule has 2 rings (SSSR count). The van der Waals surface area contributed by atoms with Gasteiger partial charge in [0.1, 0.15) is 6.61 Å². The van der Waals surface area contributed by atoms with Crippen LogP contribution in [-0.4, -0.2) is 48.2 Å². The highest BCUT2D eigenvalue weighted by atomic mass is 32.2. The van der Waals surface area contributed by atoms with Gasteiger partial charge in [-0.05, 0) is 25.5 Å². The van der Waals surface area contributed by atoms with Gasteiger partial charge in [0.05, 0.1) is 5.75 Å². The molecule has 0 bridgehead atoms. The fourth-order valence-corrected chi connectivity index (χ4v) is 3.90. The number of aliphatic carboxylic acids is 1. The van der Waals surface area contributed by atoms with E-state index in [2.05, 4.69) is 16.5 Å². The first-order chi connectivity index (χ1) is 9.15. The Morgan fingerprint density at radius 1 is 1.47 bits per heavy atom. The molecule has 6 nitrogen and oxygen atoms in total. The molecule has 0 radical (unpaired) electrons. The van der Waals surface area contributed by atoms with Gasteiger partial charge in [-0.15, -0.1) is 10.2 Å². The zero-order valence-corrected chi connectivity index (χ0v) is 12.3. The summed E-state index contributed by atoms with van der Waals surface area (Å²) >= 11 is 3.01. The monoisotopic (exact) mass is 303 g/mol. The molecule has 0 spiro atoms. The first-order valence-corrected chi connectivity index (χ1v) is 8.35. The molecule has 0 aliphatic heterocycles. The van der Waals surface area contributed by atoms with Crippen LogP contribution in [0.5, 0.6) is 0 Å². The van der Waals surface area contributed by atoms with E-state index in [9.17, 15) is 9.90 Å². The maximum atomic E-state index is 10.6. The van der Waals surface area contributed by atoms with Crippen LogP contribution in [0.15, 0.2) is 5.16 Å². The standard InChI is InChI=1S/C11H17N3O3S2/c1-18-8-3-2-7(4-8)14-9(5-15)12-13-11(14)19-6-10(16)17/h7-8,15H,2-6H2,1H3,(H,16,17). The molecule has 0 aromatic carbocycles. The highest BCUT2D eigenvalue weighted by Crippen LogP contribution is 2.38. The highest BCUT2D eigenvalue weighted by Gasteiger charge is 2.29. The van der Waals surface area contributed by atoms with Crippen LogP contribution >= 0.6 is 23.5 Å². The highest BCUT2D eigenvalue weighted by molar-refractivity contribution is 7.99. The molecular formula is C11H17N3O3S2. The van der Waals surface area contributed by atoms with E-state index in [1.807, 2.05) is 16.3 Å². The Labute approximate surface area is 120 Å². The summed E-state index contributed by atoms with van der Waals surface area (Å²) in [6, 6.07) is 0.269. The van der Waals surface area contributed by atoms with E-state index in [1.54, 1.807) is 0 Å². The minimum atomic E-state index is -0.876. The van der Waals surface area contributed by atoms with E-state index in [4.69, 9.17) is 5.11 Å². The summed E-state index contributed by atoms with van der Waals surface area (Å²) < 4.78 is 1.92. The van der Waals surface area contributed by atoms with Crippen LogP contribution in [-0.2, 0) is 11.4 Å². The van der Waals surface area contributed by atoms with Crippen molar-refractivity contribution >= 4 is 29.5 Å². The van der Waals surface area contributed by atoms with Crippen molar-refractivity contribution in [1.82, 2.24) is 14.8 Å². The Balaban J connectivity index is 2.16. The van der Waals surface area contributed by atoms with E-state index in [0.717, 1.165) is 31.0 Å². The second-order valence-corrected chi connectivity index (χ2v) is 6.51. The smallest absolute Gasteiger partial charge is 0.313 e. The van der Waals surface area contributed by atoms with Crippen molar-refractivity contribution < 1.29 is 15.0 Å². The van der Waals surface area contributed by atoms with Crippen molar-refractivity contribution in [2.24, 2.45) is 0 Å². The van der Waals surface area contributed by atoms with E-state index in [-0.39, 0.29) is 18.4 Å². The number of aliphatic hydroxyl groups excluding tert-OH is 1. The molecule has 0 saturated heterocycles. The second kappa shape index (κ2) is 6.62. The van der Waals surface area contributed by atoms with Crippen LogP contribution in [0, 0.1) is 0 Å². The lowest BCUT2D eigenvalue weighted by molar-refractivity contribution is -0.133. The summed E-state index contributed by atoms with van der Waals surface area (Å²) in [5.41, 5.74) is 0. The molecular weight excluding hydrogens is 286 g/mol. The minimum absolute atomic E-state index is 0.0394. The van der Waals surface area contributed by atoms with Gasteiger partial charge in [-0.25, -0.2) is 0 Å². The Hall–Kier alpha value is -0.730. The number of aliphatic hydroxyl groups is 1. The molecule has 1 saturated carbocycles. The molecule has 2 N–H and O–H groups in total. The van der Waals surface area contributed by atoms with Crippen molar-refractivity contribution in [3.63, 3.8) is 0 Å². The molecule has 19 heavy (non-hydrogen) atoms. The maximum Gasteiger partial charge on any atom is 0.313 e. The largest absolute Gasteiger partial charge is 0.481 e. The van der Waals surface area contributed by atoms with Gasteiger partial charge < -0.3 is 14.8 Å². The molecule has 0 amide bonds. The molecule has 1 aromatic heterocycles. The minimum Gasteiger partial charge on any atom is -0.481 e. The third kappa shape index (κ3) is 3.43. The van der Waals surface area contributed by atoms with Crippen LogP contribution in [0.25, 0.3) is 0 Å². The van der Waals surface area contributed by atoms with Gasteiger partial charge in [0.15, 0.2) is 11.0 Å². The first kappa shape index (κ1) is 14.7. The van der Waals surface area contributed by atoms with Gasteiger partial charge in [-0.3, -0.25) is 4.79 Å². The zero-order valence-electron chi connectivity index (χ0n) is 10.7. The number of carboxylic acid groups (broad SMARTS) is 1. The number of carbonyl (C=O) groups is 1. The summed E-state index contributed by atoms with van der Waals surface area (Å²) in [7, 11) is 0. The Bertz CT molecular complexity index is 452. The summed E-state index contributed by atoms with van der Waals surface area (Å²) in [6.45, 7) is -0.166. The van der Waals surface area contributed by atoms with Crippen molar-refractivity contribution in [2.45, 2.75) is 42.3 Å². The Morgan fingerprint density at radius 3 is 2.84 bits per heavy atom. The zero-order chi connectivity index (χ0) is 13.8. The van der Waals surface area contributed by atoms with Gasteiger partial charge in [-0.2, -0.15) is 11.8 Å². The summed E-state index contributed by atoms with van der Waals surface area (Å²) in [6.07, 6.45) is 5.29. The van der Waals surface area contributed by atoms with Gasteiger partial charge in [-0.1, -0.05) is 11.8 Å². The summed E-state index contributed by atoms with van der Waals surface area (Å²) in [4.78, 5) is 10.6. The molecule has 1 aromatic rings. The molecule has 1 heterocycles. The predicted octanol–water partition coefficient (Wildman–Crippen LogP) is 1.40. The SMILES string of the molecule is CSC1CCC(n2c(CO)nnc2SCC(=O)O)C1. The fraction of sp³-hybridized carbons (Fsp3) is 0.727. The van der Waals surface area contributed by atoms with Crippen molar-refractivity contribution in [3.8, 4) is 0 Å². The van der Waals surface area contributed by atoms with E-state index < -0.39 is 5.97 Å². The number of aromatic nitrogens is 3. The Morgan fingerprint density at radius 2 is 2.26 bits per heavy atom. The molecule has 1 fully saturated rings. The molecule has 1 aliphatic rings. The van der Waals surface area contributed by atoms with Gasteiger partial charge in [0.2, 0.25) is 0 Å². The number of hydrogen-bond acceptors (Lipinski definition) is 6. The van der Waals surface area contributed by atoms with Gasteiger partial charge in [0, 0.05) is 11.3 Å². The molecule has 2 atom stereocenters. The number of rotatable bonds is 6. The topological polar surface area (TPSA) is 88.2 Å². The van der Waals surface area contributed by atoms with Crippen LogP contribution in [0.3, 0.4) is 0 Å². The second-order valence-electron chi connectivity index (χ2n) is 4.43. The van der Waals surface area contributed by atoms with E-state index in [1.165, 1.54) is 0 Å². The number of carboxylic acids is 1. The lowest BCUT2D eigenvalue weighted by Crippen LogP contribution is -2.12. The van der Waals surface area contributed by atoms with Gasteiger partial charge >= 0.3 is 5.97 Å². The number of hydrogen-bond donors (Lipinski definition) is 2. The van der Waals surface area contributed by atoms with Crippen LogP contribution < -0.4 is 0 Å². The predicted molar refractivity (Wildman–Crippen MR) is 74.5 cm³/mol. The molecule has 1 aliphatic carbocycles. The van der Waals surface area contributed by atoms with Crippen LogP contribution in [0.1, 0.15) is 31.1 Å². The van der Waals surface area contributed by atoms with Gasteiger partial charge in [0.25, 0.3) is 0 Å². The quantitative estimate of drug-likeness (QED) is 0.768. The number of nitrogens with zero attached hydrogens (tertiary/aromatic N) is 3. The summed E-state index contributed by atoms with van der Waals surface area (Å²) in [5, 5.41) is 27.3. The maximum absolute atomic E-state index is 10.6. The third-order valence-electron chi connectivity index (χ3n) is 3.26. The normalized spacial score (nSPS) is 22.8. The summed E-state index contributed by atoms with van der Waals surface area (Å²) in [5.74, 6) is -0.388. The molecule has 106 valence electrons. The average Bonchev–Trinajstić information content (AvgIpc) is 3.01. The van der Waals surface area contributed by atoms with E-state index >= 15 is 0 Å². The third-order valence-corrected chi connectivity index (χ3v) is 5.28. The lowest BCUT2D eigenvalue weighted by atomic mass is 10.2. The fourth-order valence-electron chi connectivity index (χ4n) is 2.37. The molecule has 8 heteroatoms. The van der Waals surface area contributed by atoms with Crippen molar-refractivity contribution in [2.75, 3.05) is 12.0 Å². The Kier molecular flexibility index (Phi) is 5.12. The average molecular weight is 303 g/mol. The van der Waals surface area contributed by atoms with Crippen LogP contribution in [0.4, 0.5) is 0 Å². The van der Waals surface area contributed by atoms with Crippen molar-refractivity contribution in [3.05, 3.63) is 5.82 Å². The molecule has 2 unspecified atom stereocenters. The van der Waals surface area contributed by atoms with Crippen molar-refractivity contribution in [1.29, 1.82) is 0 Å². The van der Waals surface area contributed by atoms with E-state index in [0.29, 0.717) is 16.2 Å². The first-order valence-electron chi connectivity index (χ1n) is 6.07.